The van der Waals surface area contributed by atoms with Gasteiger partial charge in [0.05, 0.1) is 6.21 Å². The fourth-order valence-electron chi connectivity index (χ4n) is 4.10. The molecule has 2 aliphatic rings. The van der Waals surface area contributed by atoms with E-state index in [0.29, 0.717) is 5.41 Å². The van der Waals surface area contributed by atoms with Crippen molar-refractivity contribution in [3.05, 3.63) is 29.8 Å². The number of benzene rings is 1. The molecule has 0 amide bonds. The second-order valence-electron chi connectivity index (χ2n) is 7.77. The van der Waals surface area contributed by atoms with E-state index < -0.39 is 0 Å². The summed E-state index contributed by atoms with van der Waals surface area (Å²) >= 11 is 0. The number of fused-ring (bicyclic) bond motifs is 2. The molecule has 0 radical (unpaired) electrons. The lowest BCUT2D eigenvalue weighted by atomic mass is 9.70. The molecule has 3 nitrogen and oxygen atoms in total. The predicted octanol–water partition coefficient (Wildman–Crippen LogP) is 4.37. The van der Waals surface area contributed by atoms with Crippen LogP contribution in [-0.4, -0.2) is 26.0 Å². The summed E-state index contributed by atoms with van der Waals surface area (Å²) in [6, 6.07) is 8.39. The Kier molecular flexibility index (Phi) is 3.62. The Balaban J connectivity index is 1.75. The van der Waals surface area contributed by atoms with Crippen molar-refractivity contribution >= 4 is 17.6 Å². The summed E-state index contributed by atoms with van der Waals surface area (Å²) in [6.07, 6.45) is 5.60. The van der Waals surface area contributed by atoms with E-state index in [-0.39, 0.29) is 5.41 Å². The van der Waals surface area contributed by atoms with E-state index in [9.17, 15) is 0 Å². The lowest BCUT2D eigenvalue weighted by Gasteiger charge is -2.34. The Morgan fingerprint density at radius 3 is 2.32 bits per heavy atom. The summed E-state index contributed by atoms with van der Waals surface area (Å²) in [5.74, 6) is 0.783. The average Bonchev–Trinajstić information content (AvgIpc) is 2.81. The van der Waals surface area contributed by atoms with Crippen molar-refractivity contribution in [3.63, 3.8) is 0 Å². The Bertz CT molecular complexity index is 610. The molecule has 0 N–H and O–H groups in total. The molecule has 2 saturated carbocycles. The molecular weight excluding hydrogens is 270 g/mol. The van der Waals surface area contributed by atoms with Gasteiger partial charge in [-0.2, -0.15) is 10.2 Å². The first kappa shape index (κ1) is 15.3. The van der Waals surface area contributed by atoms with Crippen LogP contribution in [-0.2, 0) is 0 Å². The minimum Gasteiger partial charge on any atom is -0.378 e. The van der Waals surface area contributed by atoms with E-state index in [4.69, 9.17) is 0 Å². The molecule has 22 heavy (non-hydrogen) atoms. The van der Waals surface area contributed by atoms with Gasteiger partial charge in [0, 0.05) is 30.9 Å². The quantitative estimate of drug-likeness (QED) is 0.601. The maximum Gasteiger partial charge on any atom is 0.0568 e. The van der Waals surface area contributed by atoms with Crippen molar-refractivity contribution in [2.75, 3.05) is 19.0 Å². The predicted molar refractivity (Wildman–Crippen MR) is 95.0 cm³/mol. The molecule has 0 heterocycles. The molecule has 2 atom stereocenters. The normalized spacial score (nSPS) is 31.3. The van der Waals surface area contributed by atoms with Gasteiger partial charge in [-0.3, -0.25) is 0 Å². The molecule has 0 spiro atoms. The van der Waals surface area contributed by atoms with Gasteiger partial charge in [0.1, 0.15) is 0 Å². The molecule has 3 heteroatoms. The highest BCUT2D eigenvalue weighted by Crippen LogP contribution is 2.63. The van der Waals surface area contributed by atoms with Gasteiger partial charge in [-0.1, -0.05) is 32.9 Å². The molecule has 2 aliphatic carbocycles. The molecule has 0 aliphatic heterocycles. The van der Waals surface area contributed by atoms with Crippen molar-refractivity contribution in [3.8, 4) is 0 Å². The summed E-state index contributed by atoms with van der Waals surface area (Å²) in [7, 11) is 4.10. The summed E-state index contributed by atoms with van der Waals surface area (Å²) in [5, 5.41) is 8.98. The lowest BCUT2D eigenvalue weighted by molar-refractivity contribution is 0.194. The molecule has 118 valence electrons. The zero-order valence-corrected chi connectivity index (χ0v) is 14.4. The molecule has 0 aromatic heterocycles. The molecule has 2 fully saturated rings. The van der Waals surface area contributed by atoms with Gasteiger partial charge in [0.2, 0.25) is 0 Å². The van der Waals surface area contributed by atoms with Gasteiger partial charge in [-0.25, -0.2) is 0 Å². The minimum absolute atomic E-state index is 0.240. The van der Waals surface area contributed by atoms with Gasteiger partial charge >= 0.3 is 0 Å². The smallest absolute Gasteiger partial charge is 0.0568 e. The highest BCUT2D eigenvalue weighted by molar-refractivity contribution is 5.94. The van der Waals surface area contributed by atoms with Crippen LogP contribution >= 0.6 is 0 Å². The van der Waals surface area contributed by atoms with Crippen molar-refractivity contribution in [2.45, 2.75) is 40.0 Å². The van der Waals surface area contributed by atoms with Gasteiger partial charge in [-0.05, 0) is 48.3 Å². The first-order valence-corrected chi connectivity index (χ1v) is 8.22. The molecule has 0 unspecified atom stereocenters. The van der Waals surface area contributed by atoms with Crippen molar-refractivity contribution in [2.24, 2.45) is 27.0 Å². The van der Waals surface area contributed by atoms with Gasteiger partial charge in [0.25, 0.3) is 0 Å². The first-order valence-electron chi connectivity index (χ1n) is 8.22. The number of hydrogen-bond acceptors (Lipinski definition) is 3. The largest absolute Gasteiger partial charge is 0.378 e. The Hall–Kier alpha value is -1.64. The van der Waals surface area contributed by atoms with Crippen LogP contribution in [0.1, 0.15) is 45.6 Å². The van der Waals surface area contributed by atoms with Crippen LogP contribution in [0.4, 0.5) is 5.69 Å². The van der Waals surface area contributed by atoms with Crippen LogP contribution in [0.5, 0.6) is 0 Å². The monoisotopic (exact) mass is 297 g/mol. The van der Waals surface area contributed by atoms with Crippen LogP contribution in [0.15, 0.2) is 34.5 Å². The van der Waals surface area contributed by atoms with E-state index in [2.05, 4.69) is 60.1 Å². The Labute approximate surface area is 134 Å². The maximum atomic E-state index is 4.60. The average molecular weight is 297 g/mol. The third kappa shape index (κ3) is 2.27. The van der Waals surface area contributed by atoms with Gasteiger partial charge < -0.3 is 4.90 Å². The second-order valence-corrected chi connectivity index (χ2v) is 7.77. The summed E-state index contributed by atoms with van der Waals surface area (Å²) in [6.45, 7) is 7.17. The first-order chi connectivity index (χ1) is 10.3. The van der Waals surface area contributed by atoms with Gasteiger partial charge in [-0.15, -0.1) is 0 Å². The van der Waals surface area contributed by atoms with E-state index in [1.165, 1.54) is 24.2 Å². The summed E-state index contributed by atoms with van der Waals surface area (Å²) in [4.78, 5) is 2.10. The summed E-state index contributed by atoms with van der Waals surface area (Å²) in [5.41, 5.74) is 4.21. The zero-order valence-electron chi connectivity index (χ0n) is 14.4. The lowest BCUT2D eigenvalue weighted by Crippen LogP contribution is -2.32. The molecular formula is C19H27N3. The second kappa shape index (κ2) is 5.22. The third-order valence-electron chi connectivity index (χ3n) is 6.31. The van der Waals surface area contributed by atoms with Crippen LogP contribution in [0.3, 0.4) is 0 Å². The zero-order chi connectivity index (χ0) is 16.0. The van der Waals surface area contributed by atoms with Crippen molar-refractivity contribution < 1.29 is 0 Å². The van der Waals surface area contributed by atoms with E-state index in [1.807, 2.05) is 20.3 Å². The standard InChI is InChI=1S/C19H27N3/c1-18(2)15-10-11-19(18,3)17(12-15)21-20-13-14-6-8-16(9-7-14)22(4)5/h6-9,13,15H,10-12H2,1-5H3/b20-13-,21-17-/t15-,19-/m1/s1. The van der Waals surface area contributed by atoms with E-state index in [0.717, 1.165) is 17.9 Å². The van der Waals surface area contributed by atoms with Crippen LogP contribution < -0.4 is 4.90 Å². The van der Waals surface area contributed by atoms with Crippen molar-refractivity contribution in [1.29, 1.82) is 0 Å². The number of nitrogens with zero attached hydrogens (tertiary/aromatic N) is 3. The highest BCUT2D eigenvalue weighted by Gasteiger charge is 2.59. The fraction of sp³-hybridized carbons (Fsp3) is 0.579. The minimum atomic E-state index is 0.240. The van der Waals surface area contributed by atoms with Crippen LogP contribution in [0.25, 0.3) is 0 Å². The molecule has 1 aromatic rings. The topological polar surface area (TPSA) is 28.0 Å². The van der Waals surface area contributed by atoms with E-state index >= 15 is 0 Å². The Morgan fingerprint density at radius 1 is 1.14 bits per heavy atom. The number of rotatable bonds is 3. The molecule has 0 saturated heterocycles. The van der Waals surface area contributed by atoms with Crippen LogP contribution in [0, 0.1) is 16.7 Å². The third-order valence-corrected chi connectivity index (χ3v) is 6.31. The molecule has 2 bridgehead atoms. The SMILES string of the molecule is CN(C)c1ccc(/C=N\N=C2\C[C@H]3CC[C@@]2(C)C3(C)C)cc1. The number of hydrogen-bond donors (Lipinski definition) is 0. The fourth-order valence-corrected chi connectivity index (χ4v) is 4.10. The Morgan fingerprint density at radius 2 is 1.82 bits per heavy atom. The molecule has 3 rings (SSSR count). The number of anilines is 1. The van der Waals surface area contributed by atoms with Crippen LogP contribution in [0.2, 0.25) is 0 Å². The molecule has 1 aromatic carbocycles. The van der Waals surface area contributed by atoms with Crippen molar-refractivity contribution in [1.82, 2.24) is 0 Å². The van der Waals surface area contributed by atoms with Gasteiger partial charge in [0.15, 0.2) is 0 Å². The maximum absolute atomic E-state index is 4.60. The highest BCUT2D eigenvalue weighted by atomic mass is 15.2. The summed E-state index contributed by atoms with van der Waals surface area (Å²) < 4.78 is 0. The van der Waals surface area contributed by atoms with E-state index in [1.54, 1.807) is 0 Å².